The molecule has 1 aliphatic carbocycles. The minimum atomic E-state index is -0.973. The summed E-state index contributed by atoms with van der Waals surface area (Å²) in [6, 6.07) is 12.4. The van der Waals surface area contributed by atoms with Gasteiger partial charge in [0.15, 0.2) is 0 Å². The Morgan fingerprint density at radius 1 is 1.15 bits per heavy atom. The lowest BCUT2D eigenvalue weighted by molar-refractivity contribution is -0.0709. The molecule has 1 unspecified atom stereocenters. The molecule has 1 N–H and O–H groups in total. The van der Waals surface area contributed by atoms with Crippen LogP contribution in [0.1, 0.15) is 52.0 Å². The highest BCUT2D eigenvalue weighted by molar-refractivity contribution is 5.21. The molecule has 1 saturated carbocycles. The fourth-order valence-corrected chi connectivity index (χ4v) is 3.29. The summed E-state index contributed by atoms with van der Waals surface area (Å²) in [5.74, 6) is 0. The molecular formula is C18H25NO. The van der Waals surface area contributed by atoms with E-state index in [1.54, 1.807) is 0 Å². The average molecular weight is 271 g/mol. The largest absolute Gasteiger partial charge is 0.388 e. The summed E-state index contributed by atoms with van der Waals surface area (Å²) in [7, 11) is 0. The lowest BCUT2D eigenvalue weighted by Crippen LogP contribution is -2.49. The molecule has 1 fully saturated rings. The zero-order chi connectivity index (χ0) is 14.9. The molecule has 0 amide bonds. The normalized spacial score (nSPS) is 23.6. The van der Waals surface area contributed by atoms with E-state index in [2.05, 4.69) is 19.9 Å². The van der Waals surface area contributed by atoms with Crippen molar-refractivity contribution < 1.29 is 5.11 Å². The van der Waals surface area contributed by atoms with Gasteiger partial charge in [-0.05, 0) is 43.6 Å². The minimum absolute atomic E-state index is 0.295. The van der Waals surface area contributed by atoms with Crippen molar-refractivity contribution in [3.05, 3.63) is 35.9 Å². The van der Waals surface area contributed by atoms with Gasteiger partial charge in [-0.3, -0.25) is 0 Å². The van der Waals surface area contributed by atoms with E-state index in [0.29, 0.717) is 11.8 Å². The van der Waals surface area contributed by atoms with Gasteiger partial charge < -0.3 is 5.11 Å². The Kier molecular flexibility index (Phi) is 3.93. The van der Waals surface area contributed by atoms with E-state index >= 15 is 0 Å². The van der Waals surface area contributed by atoms with E-state index in [1.165, 1.54) is 0 Å². The van der Waals surface area contributed by atoms with Crippen molar-refractivity contribution in [3.63, 3.8) is 0 Å². The summed E-state index contributed by atoms with van der Waals surface area (Å²) < 4.78 is 0. The maximum atomic E-state index is 11.0. The second-order valence-corrected chi connectivity index (χ2v) is 7.29. The number of hydrogen-bond donors (Lipinski definition) is 1. The predicted molar refractivity (Wildman–Crippen MR) is 81.1 cm³/mol. The topological polar surface area (TPSA) is 44.0 Å². The molecule has 0 aliphatic heterocycles. The molecule has 0 radical (unpaired) electrons. The summed E-state index contributed by atoms with van der Waals surface area (Å²) in [5, 5.41) is 20.7. The quantitative estimate of drug-likeness (QED) is 0.899. The van der Waals surface area contributed by atoms with Crippen LogP contribution in [0.15, 0.2) is 30.3 Å². The van der Waals surface area contributed by atoms with Crippen LogP contribution in [0.25, 0.3) is 0 Å². The molecule has 1 aromatic rings. The Labute approximate surface area is 122 Å². The van der Waals surface area contributed by atoms with Gasteiger partial charge in [-0.15, -0.1) is 0 Å². The molecule has 108 valence electrons. The Balaban J connectivity index is 2.20. The van der Waals surface area contributed by atoms with Gasteiger partial charge in [0, 0.05) is 6.42 Å². The van der Waals surface area contributed by atoms with E-state index in [0.717, 1.165) is 31.2 Å². The average Bonchev–Trinajstić information content (AvgIpc) is 2.39. The Bertz CT molecular complexity index is 486. The third kappa shape index (κ3) is 2.88. The summed E-state index contributed by atoms with van der Waals surface area (Å²) in [4.78, 5) is 0. The Morgan fingerprint density at radius 2 is 1.70 bits per heavy atom. The van der Waals surface area contributed by atoms with Gasteiger partial charge in [0.2, 0.25) is 0 Å². The smallest absolute Gasteiger partial charge is 0.0861 e. The number of rotatable bonds is 3. The molecule has 0 spiro atoms. The number of hydrogen-bond acceptors (Lipinski definition) is 2. The molecule has 1 aromatic carbocycles. The van der Waals surface area contributed by atoms with Gasteiger partial charge in [-0.2, -0.15) is 5.26 Å². The van der Waals surface area contributed by atoms with Crippen LogP contribution < -0.4 is 0 Å². The van der Waals surface area contributed by atoms with Crippen LogP contribution >= 0.6 is 0 Å². The number of nitriles is 1. The molecule has 0 aromatic heterocycles. The minimum Gasteiger partial charge on any atom is -0.388 e. The van der Waals surface area contributed by atoms with Gasteiger partial charge in [0.25, 0.3) is 0 Å². The summed E-state index contributed by atoms with van der Waals surface area (Å²) in [6.45, 7) is 6.34. The van der Waals surface area contributed by atoms with Gasteiger partial charge in [0.05, 0.1) is 17.1 Å². The molecule has 1 atom stereocenters. The van der Waals surface area contributed by atoms with E-state index in [1.807, 2.05) is 37.3 Å². The van der Waals surface area contributed by atoms with Gasteiger partial charge in [0.1, 0.15) is 0 Å². The standard InChI is InChI=1S/C18H25NO/c1-16(2)9-11-18(14-19,12-10-16)17(3,20)13-15-7-5-4-6-8-15/h4-8,20H,9-13H2,1-3H3. The van der Waals surface area contributed by atoms with Gasteiger partial charge in [-0.25, -0.2) is 0 Å². The zero-order valence-electron chi connectivity index (χ0n) is 12.8. The van der Waals surface area contributed by atoms with Gasteiger partial charge >= 0.3 is 0 Å². The van der Waals surface area contributed by atoms with Crippen LogP contribution in [-0.4, -0.2) is 10.7 Å². The fraction of sp³-hybridized carbons (Fsp3) is 0.611. The van der Waals surface area contributed by atoms with Crippen molar-refractivity contribution in [2.45, 2.75) is 58.5 Å². The number of nitrogens with zero attached hydrogens (tertiary/aromatic N) is 1. The number of benzene rings is 1. The molecule has 20 heavy (non-hydrogen) atoms. The molecule has 1 aliphatic rings. The highest BCUT2D eigenvalue weighted by Gasteiger charge is 2.50. The zero-order valence-corrected chi connectivity index (χ0v) is 12.8. The lowest BCUT2D eigenvalue weighted by Gasteiger charge is -2.47. The summed E-state index contributed by atoms with van der Waals surface area (Å²) in [5.41, 5.74) is -0.196. The van der Waals surface area contributed by atoms with Gasteiger partial charge in [-0.1, -0.05) is 44.2 Å². The molecule has 2 rings (SSSR count). The maximum Gasteiger partial charge on any atom is 0.0861 e. The molecular weight excluding hydrogens is 246 g/mol. The van der Waals surface area contributed by atoms with Crippen LogP contribution in [0, 0.1) is 22.2 Å². The highest BCUT2D eigenvalue weighted by atomic mass is 16.3. The second-order valence-electron chi connectivity index (χ2n) is 7.29. The SMILES string of the molecule is CC1(C)CCC(C#N)(C(C)(O)Cc2ccccc2)CC1. The first-order valence-electron chi connectivity index (χ1n) is 7.48. The third-order valence-corrected chi connectivity index (χ3v) is 5.09. The first kappa shape index (κ1) is 15.1. The van der Waals surface area contributed by atoms with Crippen molar-refractivity contribution in [2.24, 2.45) is 10.8 Å². The molecule has 0 bridgehead atoms. The van der Waals surface area contributed by atoms with Crippen molar-refractivity contribution in [2.75, 3.05) is 0 Å². The predicted octanol–water partition coefficient (Wildman–Crippen LogP) is 4.09. The fourth-order valence-electron chi connectivity index (χ4n) is 3.29. The first-order valence-corrected chi connectivity index (χ1v) is 7.48. The van der Waals surface area contributed by atoms with E-state index in [4.69, 9.17) is 0 Å². The lowest BCUT2D eigenvalue weighted by atomic mass is 9.58. The number of aliphatic hydroxyl groups is 1. The van der Waals surface area contributed by atoms with Crippen LogP contribution in [0.2, 0.25) is 0 Å². The maximum absolute atomic E-state index is 11.0. The monoisotopic (exact) mass is 271 g/mol. The van der Waals surface area contributed by atoms with Crippen molar-refractivity contribution in [1.82, 2.24) is 0 Å². The van der Waals surface area contributed by atoms with E-state index in [9.17, 15) is 10.4 Å². The van der Waals surface area contributed by atoms with E-state index < -0.39 is 11.0 Å². The van der Waals surface area contributed by atoms with Crippen LogP contribution in [0.4, 0.5) is 0 Å². The molecule has 2 heteroatoms. The van der Waals surface area contributed by atoms with Crippen LogP contribution in [-0.2, 0) is 6.42 Å². The summed E-state index contributed by atoms with van der Waals surface area (Å²) >= 11 is 0. The van der Waals surface area contributed by atoms with E-state index in [-0.39, 0.29) is 0 Å². The molecule has 0 heterocycles. The van der Waals surface area contributed by atoms with Crippen molar-refractivity contribution in [3.8, 4) is 6.07 Å². The molecule has 2 nitrogen and oxygen atoms in total. The van der Waals surface area contributed by atoms with Crippen molar-refractivity contribution >= 4 is 0 Å². The molecule has 0 saturated heterocycles. The first-order chi connectivity index (χ1) is 9.30. The van der Waals surface area contributed by atoms with Crippen LogP contribution in [0.3, 0.4) is 0 Å². The second kappa shape index (κ2) is 5.22. The van der Waals surface area contributed by atoms with Crippen LogP contribution in [0.5, 0.6) is 0 Å². The third-order valence-electron chi connectivity index (χ3n) is 5.09. The Morgan fingerprint density at radius 3 is 2.20 bits per heavy atom. The van der Waals surface area contributed by atoms with Crippen molar-refractivity contribution in [1.29, 1.82) is 5.26 Å². The Hall–Kier alpha value is -1.33. The summed E-state index contributed by atoms with van der Waals surface area (Å²) in [6.07, 6.45) is 4.13. The highest BCUT2D eigenvalue weighted by Crippen LogP contribution is 2.51.